The Morgan fingerprint density at radius 2 is 1.10 bits per heavy atom. The van der Waals surface area contributed by atoms with Crippen LogP contribution in [0.25, 0.3) is 22.5 Å². The molecule has 2 aromatic heterocycles. The highest BCUT2D eigenvalue weighted by Gasteiger charge is 2.16. The lowest BCUT2D eigenvalue weighted by atomic mass is 10.0. The van der Waals surface area contributed by atoms with Crippen molar-refractivity contribution in [1.82, 2.24) is 9.97 Å². The summed E-state index contributed by atoms with van der Waals surface area (Å²) in [6.07, 6.45) is 3.64. The summed E-state index contributed by atoms with van der Waals surface area (Å²) in [7, 11) is 0. The number of hydrogen-bond acceptors (Lipinski definition) is 10. The van der Waals surface area contributed by atoms with Crippen molar-refractivity contribution in [3.63, 3.8) is 0 Å². The number of carboxylic acid groups (broad SMARTS) is 2. The van der Waals surface area contributed by atoms with E-state index >= 15 is 0 Å². The molecule has 0 radical (unpaired) electrons. The second kappa shape index (κ2) is 15.2. The van der Waals surface area contributed by atoms with E-state index in [4.69, 9.17) is 26.7 Å². The largest absolute Gasteiger partial charge is 0.478 e. The Morgan fingerprint density at radius 1 is 0.732 bits per heavy atom. The highest BCUT2D eigenvalue weighted by atomic mass is 16.4. The summed E-state index contributed by atoms with van der Waals surface area (Å²) >= 11 is 0. The molecule has 12 heteroatoms. The fraction of sp³-hybridized carbons (Fsp3) is 0.103. The van der Waals surface area contributed by atoms with E-state index in [1.54, 1.807) is 36.7 Å². The number of anilines is 2. The molecule has 4 aromatic rings. The third kappa shape index (κ3) is 8.78. The molecule has 4 rings (SSSR count). The predicted octanol–water partition coefficient (Wildman–Crippen LogP) is 3.86. The van der Waals surface area contributed by atoms with Gasteiger partial charge in [-0.25, -0.2) is 9.59 Å². The first-order valence-corrected chi connectivity index (χ1v) is 12.0. The molecule has 0 bridgehead atoms. The van der Waals surface area contributed by atoms with E-state index in [0.717, 1.165) is 11.1 Å². The quantitative estimate of drug-likeness (QED) is 0.0826. The fourth-order valence-corrected chi connectivity index (χ4v) is 3.57. The molecule has 0 atom stereocenters. The molecule has 8 N–H and O–H groups in total. The summed E-state index contributed by atoms with van der Waals surface area (Å²) in [6, 6.07) is 17.4. The number of carbonyl (C=O) groups is 4. The monoisotopic (exact) mass is 558 g/mol. The van der Waals surface area contributed by atoms with Gasteiger partial charge in [0.1, 0.15) is 0 Å². The second-order valence-electron chi connectivity index (χ2n) is 8.52. The summed E-state index contributed by atoms with van der Waals surface area (Å²) in [5.41, 5.74) is 10.7. The zero-order valence-corrected chi connectivity index (χ0v) is 22.6. The second-order valence-corrected chi connectivity index (χ2v) is 8.52. The minimum Gasteiger partial charge on any atom is -0.478 e. The Balaban J connectivity index is 0.000000247. The summed E-state index contributed by atoms with van der Waals surface area (Å²) in [6.45, 7) is 5.11. The molecule has 0 unspecified atom stereocenters. The van der Waals surface area contributed by atoms with Gasteiger partial charge >= 0.3 is 11.9 Å². The normalized spacial score (nSPS) is 9.68. The number of rotatable bonds is 7. The number of para-hydroxylation sites is 2. The minimum absolute atomic E-state index is 0.123. The highest BCUT2D eigenvalue weighted by molar-refractivity contribution is 6.23. The molecule has 0 saturated carbocycles. The number of hydrogen-bond donors (Lipinski definition) is 6. The van der Waals surface area contributed by atoms with Crippen LogP contribution in [0, 0.1) is 13.8 Å². The first kappa shape index (κ1) is 31.8. The maximum Gasteiger partial charge on any atom is 0.337 e. The van der Waals surface area contributed by atoms with E-state index in [2.05, 4.69) is 20.8 Å². The van der Waals surface area contributed by atoms with Crippen molar-refractivity contribution in [2.24, 2.45) is 11.7 Å². The number of pyridine rings is 2. The van der Waals surface area contributed by atoms with Crippen molar-refractivity contribution in [3.8, 4) is 22.5 Å². The van der Waals surface area contributed by atoms with Gasteiger partial charge in [-0.05, 0) is 61.4 Å². The summed E-state index contributed by atoms with van der Waals surface area (Å²) in [5.74, 6) is 8.36. The van der Waals surface area contributed by atoms with Gasteiger partial charge in [0.05, 0.1) is 33.9 Å². The number of aldehydes is 1. The smallest absolute Gasteiger partial charge is 0.337 e. The van der Waals surface area contributed by atoms with E-state index in [-0.39, 0.29) is 17.4 Å². The Morgan fingerprint density at radius 3 is 1.37 bits per heavy atom. The SMILES string of the molecule is CC(=O)C=O.Cc1ccnc(-c2cccc(C(=O)O)c2NN)c1.Cc1ccnc(-c2cccc(C(=O)O)c2NN)c1. The van der Waals surface area contributed by atoms with Gasteiger partial charge in [-0.15, -0.1) is 0 Å². The molecule has 0 amide bonds. The van der Waals surface area contributed by atoms with Crippen LogP contribution in [0.5, 0.6) is 0 Å². The first-order valence-electron chi connectivity index (χ1n) is 12.0. The maximum atomic E-state index is 11.1. The number of aromatic carboxylic acids is 2. The van der Waals surface area contributed by atoms with Crippen molar-refractivity contribution in [2.75, 3.05) is 10.9 Å². The first-order chi connectivity index (χ1) is 19.5. The molecule has 41 heavy (non-hydrogen) atoms. The number of carbonyl (C=O) groups excluding carboxylic acids is 2. The molecule has 212 valence electrons. The van der Waals surface area contributed by atoms with E-state index in [9.17, 15) is 14.4 Å². The molecule has 12 nitrogen and oxygen atoms in total. The lowest BCUT2D eigenvalue weighted by molar-refractivity contribution is -0.128. The van der Waals surface area contributed by atoms with Crippen molar-refractivity contribution in [2.45, 2.75) is 20.8 Å². The Labute approximate surface area is 236 Å². The molecule has 0 spiro atoms. The molecule has 0 aliphatic rings. The van der Waals surface area contributed by atoms with Crippen LogP contribution in [-0.4, -0.2) is 44.2 Å². The van der Waals surface area contributed by atoms with Gasteiger partial charge in [0.15, 0.2) is 12.1 Å². The van der Waals surface area contributed by atoms with E-state index < -0.39 is 17.7 Å². The number of ketones is 1. The fourth-order valence-electron chi connectivity index (χ4n) is 3.57. The van der Waals surface area contributed by atoms with Crippen LogP contribution in [0.15, 0.2) is 73.1 Å². The van der Waals surface area contributed by atoms with Gasteiger partial charge in [-0.3, -0.25) is 31.2 Å². The molecule has 0 aliphatic heterocycles. The van der Waals surface area contributed by atoms with Crippen LogP contribution in [0.4, 0.5) is 11.4 Å². The number of aromatic nitrogens is 2. The van der Waals surface area contributed by atoms with E-state index in [1.165, 1.54) is 19.1 Å². The topological polar surface area (TPSA) is 211 Å². The van der Waals surface area contributed by atoms with Gasteiger partial charge in [-0.1, -0.05) is 24.3 Å². The number of carboxylic acids is 2. The third-order valence-electron chi connectivity index (χ3n) is 5.43. The zero-order chi connectivity index (χ0) is 30.5. The number of Topliss-reactive ketones (excluding diaryl/α,β-unsaturated/α-hetero) is 1. The highest BCUT2D eigenvalue weighted by Crippen LogP contribution is 2.30. The molecule has 0 saturated heterocycles. The average molecular weight is 559 g/mol. The molecule has 2 heterocycles. The summed E-state index contributed by atoms with van der Waals surface area (Å²) < 4.78 is 0. The van der Waals surface area contributed by atoms with Crippen LogP contribution >= 0.6 is 0 Å². The van der Waals surface area contributed by atoms with Gasteiger partial charge in [0, 0.05) is 30.4 Å². The van der Waals surface area contributed by atoms with Gasteiger partial charge in [0.2, 0.25) is 0 Å². The molecule has 0 aliphatic carbocycles. The van der Waals surface area contributed by atoms with Crippen LogP contribution in [0.2, 0.25) is 0 Å². The van der Waals surface area contributed by atoms with Crippen molar-refractivity contribution < 1.29 is 29.4 Å². The molecular formula is C29H30N6O6. The maximum absolute atomic E-state index is 11.1. The third-order valence-corrected chi connectivity index (χ3v) is 5.43. The lowest BCUT2D eigenvalue weighted by Gasteiger charge is -2.11. The number of nitrogens with one attached hydrogen (secondary N) is 2. The Hall–Kier alpha value is -5.46. The Bertz CT molecular complexity index is 1450. The number of nitrogens with zero attached hydrogens (tertiary/aromatic N) is 2. The van der Waals surface area contributed by atoms with E-state index in [0.29, 0.717) is 33.9 Å². The van der Waals surface area contributed by atoms with Crippen molar-refractivity contribution in [3.05, 3.63) is 95.3 Å². The van der Waals surface area contributed by atoms with Crippen molar-refractivity contribution in [1.29, 1.82) is 0 Å². The van der Waals surface area contributed by atoms with Crippen LogP contribution < -0.4 is 22.5 Å². The number of benzene rings is 2. The van der Waals surface area contributed by atoms with E-state index in [1.807, 2.05) is 38.1 Å². The van der Waals surface area contributed by atoms with Gasteiger partial charge < -0.3 is 21.1 Å². The summed E-state index contributed by atoms with van der Waals surface area (Å²) in [4.78, 5) is 49.3. The van der Waals surface area contributed by atoms with Crippen molar-refractivity contribution >= 4 is 35.4 Å². The van der Waals surface area contributed by atoms with Crippen LogP contribution in [0.1, 0.15) is 38.8 Å². The zero-order valence-electron chi connectivity index (χ0n) is 22.6. The van der Waals surface area contributed by atoms with Crippen LogP contribution in [0.3, 0.4) is 0 Å². The standard InChI is InChI=1S/2C13H13N3O2.C3H4O2/c2*1-8-5-6-15-11(7-8)9-3-2-4-10(13(17)18)12(9)16-14;1-3(5)2-4/h2*2-7,16H,14H2,1H3,(H,17,18);2H,1H3. The number of aryl methyl sites for hydroxylation is 2. The lowest BCUT2D eigenvalue weighted by Crippen LogP contribution is -2.13. The minimum atomic E-state index is -1.03. The number of hydrazine groups is 2. The molecule has 2 aromatic carbocycles. The average Bonchev–Trinajstić information content (AvgIpc) is 2.96. The predicted molar refractivity (Wildman–Crippen MR) is 155 cm³/mol. The van der Waals surface area contributed by atoms with Gasteiger partial charge in [-0.2, -0.15) is 0 Å². The molecule has 0 fully saturated rings. The van der Waals surface area contributed by atoms with Gasteiger partial charge in [0.25, 0.3) is 0 Å². The number of nitrogen functional groups attached to an aromatic ring is 2. The molecular weight excluding hydrogens is 528 g/mol. The number of nitrogens with two attached hydrogens (primary N) is 2. The summed E-state index contributed by atoms with van der Waals surface area (Å²) in [5, 5.41) is 18.2. The van der Waals surface area contributed by atoms with Crippen LogP contribution in [-0.2, 0) is 9.59 Å². The Kier molecular flexibility index (Phi) is 11.8.